The molecule has 0 saturated heterocycles. The normalized spacial score (nSPS) is 13.0. The summed E-state index contributed by atoms with van der Waals surface area (Å²) in [5, 5.41) is 0. The van der Waals surface area contributed by atoms with Gasteiger partial charge in [0.1, 0.15) is 11.9 Å². The molecule has 0 radical (unpaired) electrons. The number of Topliss-reactive ketones (excluding diaryl/α,β-unsaturated/α-hetero) is 1. The van der Waals surface area contributed by atoms with E-state index in [0.717, 1.165) is 17.7 Å². The van der Waals surface area contributed by atoms with Crippen LogP contribution in [-0.2, 0) is 25.0 Å². The van der Waals surface area contributed by atoms with Gasteiger partial charge in [-0.25, -0.2) is 12.8 Å². The Morgan fingerprint density at radius 2 is 1.59 bits per heavy atom. The molecule has 2 aromatic carbocycles. The van der Waals surface area contributed by atoms with Crippen molar-refractivity contribution in [3.05, 3.63) is 65.5 Å². The first-order chi connectivity index (χ1) is 13.4. The van der Waals surface area contributed by atoms with E-state index < -0.39 is 40.2 Å². The van der Waals surface area contributed by atoms with Crippen molar-refractivity contribution in [2.24, 2.45) is 0 Å². The Hall–Kier alpha value is -2.58. The number of rotatable bonds is 7. The first-order valence-electron chi connectivity index (χ1n) is 8.98. The summed E-state index contributed by atoms with van der Waals surface area (Å²) in [4.78, 5) is 24.1. The van der Waals surface area contributed by atoms with Crippen molar-refractivity contribution in [3.8, 4) is 0 Å². The summed E-state index contributed by atoms with van der Waals surface area (Å²) in [6, 6.07) is 9.99. The zero-order valence-electron chi connectivity index (χ0n) is 16.7. The van der Waals surface area contributed by atoms with Crippen molar-refractivity contribution in [1.29, 1.82) is 0 Å². The molecule has 0 aliphatic rings. The van der Waals surface area contributed by atoms with Crippen LogP contribution in [0, 0.1) is 5.82 Å². The third-order valence-corrected chi connectivity index (χ3v) is 5.78. The average Bonchev–Trinajstić information content (AvgIpc) is 2.65. The number of benzene rings is 2. The van der Waals surface area contributed by atoms with Crippen LogP contribution in [0.5, 0.6) is 0 Å². The van der Waals surface area contributed by atoms with E-state index in [9.17, 15) is 22.4 Å². The largest absolute Gasteiger partial charge is 0.456 e. The molecule has 0 aromatic heterocycles. The summed E-state index contributed by atoms with van der Waals surface area (Å²) in [5.74, 6) is -1.90. The lowest BCUT2D eigenvalue weighted by atomic mass is 9.87. The number of nitrogens with one attached hydrogen (secondary N) is 1. The minimum Gasteiger partial charge on any atom is -0.456 e. The highest BCUT2D eigenvalue weighted by molar-refractivity contribution is 7.89. The number of hydrogen-bond donors (Lipinski definition) is 1. The number of hydrogen-bond acceptors (Lipinski definition) is 5. The molecule has 0 amide bonds. The van der Waals surface area contributed by atoms with Crippen molar-refractivity contribution in [3.63, 3.8) is 0 Å². The fourth-order valence-electron chi connectivity index (χ4n) is 2.46. The van der Waals surface area contributed by atoms with Gasteiger partial charge in [-0.3, -0.25) is 9.59 Å². The van der Waals surface area contributed by atoms with Crippen LogP contribution >= 0.6 is 0 Å². The van der Waals surface area contributed by atoms with E-state index in [2.05, 4.69) is 4.72 Å². The monoisotopic (exact) mass is 421 g/mol. The molecule has 0 unspecified atom stereocenters. The molecule has 0 bridgehead atoms. The van der Waals surface area contributed by atoms with Gasteiger partial charge in [-0.05, 0) is 54.3 Å². The maximum absolute atomic E-state index is 12.9. The summed E-state index contributed by atoms with van der Waals surface area (Å²) in [7, 11) is -3.94. The Bertz CT molecular complexity index is 977. The van der Waals surface area contributed by atoms with Crippen molar-refractivity contribution >= 4 is 21.8 Å². The van der Waals surface area contributed by atoms with Gasteiger partial charge < -0.3 is 4.74 Å². The molecular formula is C21H24FNO5S. The molecule has 2 rings (SSSR count). The van der Waals surface area contributed by atoms with E-state index in [0.29, 0.717) is 0 Å². The maximum Gasteiger partial charge on any atom is 0.324 e. The Kier molecular flexibility index (Phi) is 6.92. The second kappa shape index (κ2) is 8.84. The van der Waals surface area contributed by atoms with E-state index >= 15 is 0 Å². The minimum absolute atomic E-state index is 0.0209. The van der Waals surface area contributed by atoms with E-state index in [-0.39, 0.29) is 15.9 Å². The van der Waals surface area contributed by atoms with Crippen molar-refractivity contribution in [1.82, 2.24) is 4.72 Å². The lowest BCUT2D eigenvalue weighted by molar-refractivity contribution is -0.144. The second-order valence-electron chi connectivity index (χ2n) is 7.66. The van der Waals surface area contributed by atoms with Gasteiger partial charge in [0.25, 0.3) is 0 Å². The maximum atomic E-state index is 12.9. The number of carbonyl (C=O) groups is 2. The van der Waals surface area contributed by atoms with Crippen LogP contribution in [0.2, 0.25) is 0 Å². The molecule has 0 spiro atoms. The third kappa shape index (κ3) is 6.20. The molecular weight excluding hydrogens is 397 g/mol. The predicted octanol–water partition coefficient (Wildman–Crippen LogP) is 3.22. The fourth-order valence-corrected chi connectivity index (χ4v) is 3.66. The molecule has 1 N–H and O–H groups in total. The SMILES string of the molecule is C[C@H](NS(=O)(=O)c1ccc(C(C)(C)C)cc1)C(=O)OCC(=O)c1ccc(F)cc1. The van der Waals surface area contributed by atoms with E-state index in [4.69, 9.17) is 4.74 Å². The summed E-state index contributed by atoms with van der Waals surface area (Å²) < 4.78 is 45.0. The molecule has 8 heteroatoms. The molecule has 6 nitrogen and oxygen atoms in total. The zero-order valence-corrected chi connectivity index (χ0v) is 17.5. The molecule has 0 saturated carbocycles. The molecule has 0 heterocycles. The standard InChI is InChI=1S/C21H24FNO5S/c1-14(20(25)28-13-19(24)15-5-9-17(22)10-6-15)23-29(26,27)18-11-7-16(8-12-18)21(2,3)4/h5-12,14,23H,13H2,1-4H3/t14-/m0/s1. The smallest absolute Gasteiger partial charge is 0.324 e. The first-order valence-corrected chi connectivity index (χ1v) is 10.5. The molecule has 1 atom stereocenters. The van der Waals surface area contributed by atoms with Gasteiger partial charge in [-0.1, -0.05) is 32.9 Å². The topological polar surface area (TPSA) is 89.5 Å². The van der Waals surface area contributed by atoms with Crippen LogP contribution in [0.4, 0.5) is 4.39 Å². The van der Waals surface area contributed by atoms with Crippen LogP contribution in [0.1, 0.15) is 43.6 Å². The highest BCUT2D eigenvalue weighted by Crippen LogP contribution is 2.23. The predicted molar refractivity (Wildman–Crippen MR) is 107 cm³/mol. The fraction of sp³-hybridized carbons (Fsp3) is 0.333. The highest BCUT2D eigenvalue weighted by Gasteiger charge is 2.24. The Morgan fingerprint density at radius 3 is 2.10 bits per heavy atom. The van der Waals surface area contributed by atoms with Gasteiger partial charge >= 0.3 is 5.97 Å². The summed E-state index contributed by atoms with van der Waals surface area (Å²) in [5.41, 5.74) is 1.04. The Labute approximate surface area is 170 Å². The van der Waals surface area contributed by atoms with E-state index in [1.165, 1.54) is 31.2 Å². The lowest BCUT2D eigenvalue weighted by Gasteiger charge is -2.19. The molecule has 0 aliphatic heterocycles. The summed E-state index contributed by atoms with van der Waals surface area (Å²) >= 11 is 0. The van der Waals surface area contributed by atoms with Gasteiger partial charge in [0.2, 0.25) is 10.0 Å². The summed E-state index contributed by atoms with van der Waals surface area (Å²) in [6.45, 7) is 6.79. The van der Waals surface area contributed by atoms with E-state index in [1.807, 2.05) is 20.8 Å². The van der Waals surface area contributed by atoms with Gasteiger partial charge in [0.15, 0.2) is 12.4 Å². The Balaban J connectivity index is 1.97. The number of sulfonamides is 1. The number of ketones is 1. The average molecular weight is 421 g/mol. The second-order valence-corrected chi connectivity index (χ2v) is 9.37. The minimum atomic E-state index is -3.94. The number of esters is 1. The highest BCUT2D eigenvalue weighted by atomic mass is 32.2. The van der Waals surface area contributed by atoms with Gasteiger partial charge in [-0.2, -0.15) is 4.72 Å². The van der Waals surface area contributed by atoms with Gasteiger partial charge in [0.05, 0.1) is 4.90 Å². The van der Waals surface area contributed by atoms with Crippen molar-refractivity contribution in [2.45, 2.75) is 44.0 Å². The Morgan fingerprint density at radius 1 is 1.03 bits per heavy atom. The van der Waals surface area contributed by atoms with Crippen molar-refractivity contribution in [2.75, 3.05) is 6.61 Å². The van der Waals surface area contributed by atoms with Crippen molar-refractivity contribution < 1.29 is 27.1 Å². The molecule has 0 aliphatic carbocycles. The quantitative estimate of drug-likeness (QED) is 0.548. The first kappa shape index (κ1) is 22.7. The zero-order chi connectivity index (χ0) is 21.8. The number of ether oxygens (including phenoxy) is 1. The molecule has 156 valence electrons. The van der Waals surface area contributed by atoms with Crippen LogP contribution in [0.15, 0.2) is 53.4 Å². The van der Waals surface area contributed by atoms with Crippen LogP contribution in [0.3, 0.4) is 0 Å². The molecule has 0 fully saturated rings. The third-order valence-electron chi connectivity index (χ3n) is 4.23. The van der Waals surface area contributed by atoms with Crippen LogP contribution < -0.4 is 4.72 Å². The van der Waals surface area contributed by atoms with E-state index in [1.54, 1.807) is 12.1 Å². The number of halogens is 1. The van der Waals surface area contributed by atoms with Crippen LogP contribution in [0.25, 0.3) is 0 Å². The van der Waals surface area contributed by atoms with Crippen LogP contribution in [-0.4, -0.2) is 32.8 Å². The van der Waals surface area contributed by atoms with Gasteiger partial charge in [0, 0.05) is 5.56 Å². The van der Waals surface area contributed by atoms with Gasteiger partial charge in [-0.15, -0.1) is 0 Å². The lowest BCUT2D eigenvalue weighted by Crippen LogP contribution is -2.40. The summed E-state index contributed by atoms with van der Waals surface area (Å²) in [6.07, 6.45) is 0. The molecule has 29 heavy (non-hydrogen) atoms. The molecule has 2 aromatic rings. The number of carbonyl (C=O) groups excluding carboxylic acids is 2.